The Kier molecular flexibility index (Phi) is 6.89. The van der Waals surface area contributed by atoms with E-state index in [2.05, 4.69) is 27.3 Å². The van der Waals surface area contributed by atoms with Crippen molar-refractivity contribution in [3.63, 3.8) is 0 Å². The molecule has 1 aliphatic carbocycles. The first-order valence-electron chi connectivity index (χ1n) is 7.70. The average molecular weight is 248 g/mol. The van der Waals surface area contributed by atoms with E-state index in [0.29, 0.717) is 17.6 Å². The van der Waals surface area contributed by atoms with Crippen molar-refractivity contribution in [2.75, 3.05) is 0 Å². The predicted octanol–water partition coefficient (Wildman–Crippen LogP) is 3.53. The molecule has 0 N–H and O–H groups in total. The van der Waals surface area contributed by atoms with Crippen molar-refractivity contribution in [2.24, 2.45) is 23.7 Å². The van der Waals surface area contributed by atoms with Crippen LogP contribution in [0.15, 0.2) is 0 Å². The molecule has 2 heteroatoms. The molecule has 18 heavy (non-hydrogen) atoms. The summed E-state index contributed by atoms with van der Waals surface area (Å²) in [6.45, 7) is 6.36. The molecule has 0 saturated heterocycles. The van der Waals surface area contributed by atoms with E-state index in [1.807, 2.05) is 0 Å². The van der Waals surface area contributed by atoms with Gasteiger partial charge in [0.2, 0.25) is 0 Å². The van der Waals surface area contributed by atoms with E-state index in [-0.39, 0.29) is 0 Å². The molecule has 0 amide bonds. The van der Waals surface area contributed by atoms with Crippen molar-refractivity contribution in [3.05, 3.63) is 0 Å². The molecule has 1 saturated carbocycles. The molecule has 1 fully saturated rings. The minimum absolute atomic E-state index is 0.339. The quantitative estimate of drug-likeness (QED) is 0.630. The molecule has 102 valence electrons. The number of Topliss-reactive ketones (excluding diaryl/α,β-unsaturated/α-hetero) is 1. The van der Waals surface area contributed by atoms with Crippen molar-refractivity contribution >= 4 is 19.2 Å². The van der Waals surface area contributed by atoms with Crippen LogP contribution in [-0.4, -0.2) is 19.2 Å². The first kappa shape index (κ1) is 15.7. The Morgan fingerprint density at radius 3 is 2.61 bits per heavy atom. The fourth-order valence-corrected chi connectivity index (χ4v) is 3.67. The molecule has 0 radical (unpaired) electrons. The molecular formula is C16H29BO. The van der Waals surface area contributed by atoms with Crippen LogP contribution in [0.3, 0.4) is 0 Å². The Labute approximate surface area is 114 Å². The third kappa shape index (κ3) is 4.70. The molecule has 0 aliphatic heterocycles. The Morgan fingerprint density at radius 1 is 1.33 bits per heavy atom. The first-order valence-corrected chi connectivity index (χ1v) is 7.70. The van der Waals surface area contributed by atoms with Crippen molar-refractivity contribution in [3.8, 4) is 0 Å². The molecule has 0 aromatic carbocycles. The molecule has 0 bridgehead atoms. The van der Waals surface area contributed by atoms with Gasteiger partial charge in [-0.3, -0.25) is 0 Å². The van der Waals surface area contributed by atoms with Crippen molar-refractivity contribution < 1.29 is 4.79 Å². The second-order valence-corrected chi connectivity index (χ2v) is 6.28. The number of ketones is 1. The summed E-state index contributed by atoms with van der Waals surface area (Å²) in [6.07, 6.45) is 8.41. The van der Waals surface area contributed by atoms with Gasteiger partial charge in [0.25, 0.3) is 0 Å². The van der Waals surface area contributed by atoms with Gasteiger partial charge in [-0.15, -0.1) is 0 Å². The van der Waals surface area contributed by atoms with E-state index in [1.54, 1.807) is 6.92 Å². The van der Waals surface area contributed by atoms with E-state index in [1.165, 1.54) is 32.1 Å². The molecule has 0 aromatic heterocycles. The van der Waals surface area contributed by atoms with Crippen LogP contribution in [0.1, 0.15) is 65.7 Å². The van der Waals surface area contributed by atoms with Gasteiger partial charge in [0, 0.05) is 0 Å². The molecule has 0 spiro atoms. The van der Waals surface area contributed by atoms with Gasteiger partial charge in [0.1, 0.15) is 0 Å². The maximum absolute atomic E-state index is 11.2. The number of carbonyl (C=O) groups excluding carboxylic acids is 1. The fraction of sp³-hybridized carbons (Fsp3) is 0.875. The Hall–Kier alpha value is -0.395. The molecule has 0 heterocycles. The van der Waals surface area contributed by atoms with Gasteiger partial charge in [-0.25, -0.2) is 0 Å². The second-order valence-electron chi connectivity index (χ2n) is 6.28. The number of hydrogen-bond donors (Lipinski definition) is 0. The number of carbonyl (C=O) groups is 1. The summed E-state index contributed by atoms with van der Waals surface area (Å²) in [7, 11) is 4.03. The summed E-state index contributed by atoms with van der Waals surface area (Å²) in [5.41, 5.74) is 0. The van der Waals surface area contributed by atoms with Gasteiger partial charge in [-0.2, -0.15) is 0 Å². The second kappa shape index (κ2) is 7.91. The van der Waals surface area contributed by atoms with Crippen LogP contribution in [-0.2, 0) is 4.79 Å². The summed E-state index contributed by atoms with van der Waals surface area (Å²) in [5.74, 6) is 5.47. The Bertz CT molecular complexity index is 274. The molecule has 1 rings (SSSR count). The van der Waals surface area contributed by atoms with E-state index in [4.69, 9.17) is 0 Å². The zero-order valence-corrected chi connectivity index (χ0v) is 12.5. The van der Waals surface area contributed by atoms with Gasteiger partial charge in [0.05, 0.1) is 0 Å². The maximum atomic E-state index is 11.2. The van der Waals surface area contributed by atoms with Crippen molar-refractivity contribution in [2.45, 2.75) is 65.7 Å². The van der Waals surface area contributed by atoms with Gasteiger partial charge < -0.3 is 0 Å². The summed E-state index contributed by atoms with van der Waals surface area (Å²) in [6, 6.07) is 0. The van der Waals surface area contributed by atoms with E-state index in [9.17, 15) is 4.79 Å². The monoisotopic (exact) mass is 248 g/mol. The zero-order chi connectivity index (χ0) is 13.5. The number of hydrogen-bond acceptors (Lipinski definition) is 1. The summed E-state index contributed by atoms with van der Waals surface area (Å²) in [5, 5.41) is 0. The van der Waals surface area contributed by atoms with Crippen molar-refractivity contribution in [1.29, 1.82) is 0 Å². The Balaban J connectivity index is 2.66. The van der Waals surface area contributed by atoms with Crippen LogP contribution in [0.5, 0.6) is 0 Å². The van der Waals surface area contributed by atoms with E-state index >= 15 is 0 Å². The molecule has 4 unspecified atom stereocenters. The van der Waals surface area contributed by atoms with E-state index in [0.717, 1.165) is 24.7 Å². The van der Waals surface area contributed by atoms with Gasteiger partial charge in [0.15, 0.2) is 0 Å². The van der Waals surface area contributed by atoms with Crippen LogP contribution in [0, 0.1) is 23.7 Å². The summed E-state index contributed by atoms with van der Waals surface area (Å²) < 4.78 is 0. The summed E-state index contributed by atoms with van der Waals surface area (Å²) in [4.78, 5) is 11.2. The van der Waals surface area contributed by atoms with Crippen LogP contribution in [0.25, 0.3) is 0 Å². The number of rotatable bonds is 7. The third-order valence-corrected chi connectivity index (χ3v) is 4.60. The predicted molar refractivity (Wildman–Crippen MR) is 81.5 cm³/mol. The molecule has 1 nitrogen and oxygen atoms in total. The molecule has 1 aliphatic rings. The van der Waals surface area contributed by atoms with Crippen molar-refractivity contribution in [1.82, 2.24) is 0 Å². The van der Waals surface area contributed by atoms with Crippen LogP contribution < -0.4 is 0 Å². The number of unbranched alkanes of at least 4 members (excludes halogenated alkanes) is 1. The standard InChI is InChI=1S/C16H29BO/c1-4-5-6-14-9-12(2)10-15(11-17)16(14)8-7-13(3)18/h11-12,14-17H,4-10H2,1-3H3. The zero-order valence-electron chi connectivity index (χ0n) is 12.5. The normalized spacial score (nSPS) is 32.1. The third-order valence-electron chi connectivity index (χ3n) is 4.60. The molecule has 0 aromatic rings. The van der Waals surface area contributed by atoms with E-state index < -0.39 is 0 Å². The SMILES string of the molecule is B=CC1CC(C)CC(CCCC)C1CCC(C)=O. The minimum atomic E-state index is 0.339. The average Bonchev–Trinajstić information content (AvgIpc) is 2.33. The Morgan fingerprint density at radius 2 is 2.06 bits per heavy atom. The van der Waals surface area contributed by atoms with Gasteiger partial charge in [-0.1, -0.05) is 0 Å². The fourth-order valence-electron chi connectivity index (χ4n) is 3.67. The molecule has 4 atom stereocenters. The molecular weight excluding hydrogens is 219 g/mol. The van der Waals surface area contributed by atoms with Gasteiger partial charge in [-0.05, 0) is 0 Å². The van der Waals surface area contributed by atoms with Crippen LogP contribution in [0.2, 0.25) is 0 Å². The summed E-state index contributed by atoms with van der Waals surface area (Å²) >= 11 is 0. The van der Waals surface area contributed by atoms with Gasteiger partial charge >= 0.3 is 113 Å². The first-order chi connectivity index (χ1) is 8.58. The topological polar surface area (TPSA) is 17.1 Å². The van der Waals surface area contributed by atoms with Crippen LogP contribution >= 0.6 is 0 Å². The van der Waals surface area contributed by atoms with Crippen LogP contribution in [0.4, 0.5) is 0 Å².